The minimum atomic E-state index is -3.30. The van der Waals surface area contributed by atoms with Crippen LogP contribution in [-0.4, -0.2) is 25.2 Å². The lowest BCUT2D eigenvalue weighted by Gasteiger charge is -2.00. The maximum absolute atomic E-state index is 11.1. The van der Waals surface area contributed by atoms with E-state index in [4.69, 9.17) is 9.52 Å². The van der Waals surface area contributed by atoms with E-state index in [9.17, 15) is 13.2 Å². The van der Waals surface area contributed by atoms with Gasteiger partial charge >= 0.3 is 5.97 Å². The van der Waals surface area contributed by atoms with Crippen molar-refractivity contribution in [1.29, 1.82) is 0 Å². The number of carboxylic acid groups (broad SMARTS) is 1. The summed E-state index contributed by atoms with van der Waals surface area (Å²) in [6, 6.07) is 1.32. The van der Waals surface area contributed by atoms with Gasteiger partial charge in [0.05, 0.1) is 12.3 Å². The van der Waals surface area contributed by atoms with Gasteiger partial charge in [-0.15, -0.1) is 0 Å². The summed E-state index contributed by atoms with van der Waals surface area (Å²) >= 11 is 0. The maximum Gasteiger partial charge on any atom is 0.339 e. The molecule has 0 aliphatic heterocycles. The molecule has 0 atom stereocenters. The molecular weight excluding hydrogens is 234 g/mol. The summed E-state index contributed by atoms with van der Waals surface area (Å²) in [5.74, 6) is -0.575. The first-order valence-electron chi connectivity index (χ1n) is 4.65. The molecule has 1 heterocycles. The van der Waals surface area contributed by atoms with Gasteiger partial charge in [0.15, 0.2) is 0 Å². The van der Waals surface area contributed by atoms with Crippen LogP contribution in [0.4, 0.5) is 0 Å². The molecule has 2 N–H and O–H groups in total. The Hall–Kier alpha value is -1.34. The van der Waals surface area contributed by atoms with Crippen molar-refractivity contribution in [2.24, 2.45) is 0 Å². The zero-order valence-electron chi connectivity index (χ0n) is 8.98. The molecule has 0 unspecified atom stereocenters. The smallest absolute Gasteiger partial charge is 0.339 e. The average molecular weight is 247 g/mol. The normalized spacial score (nSPS) is 11.6. The monoisotopic (exact) mass is 247 g/mol. The number of hydrogen-bond acceptors (Lipinski definition) is 4. The van der Waals surface area contributed by atoms with E-state index in [0.717, 1.165) is 0 Å². The summed E-state index contributed by atoms with van der Waals surface area (Å²) in [7, 11) is -3.30. The molecule has 6 nitrogen and oxygen atoms in total. The van der Waals surface area contributed by atoms with Crippen LogP contribution in [-0.2, 0) is 16.6 Å². The van der Waals surface area contributed by atoms with Crippen LogP contribution >= 0.6 is 0 Å². The molecule has 0 spiro atoms. The van der Waals surface area contributed by atoms with Crippen molar-refractivity contribution in [3.05, 3.63) is 23.2 Å². The van der Waals surface area contributed by atoms with Crippen molar-refractivity contribution in [3.8, 4) is 0 Å². The van der Waals surface area contributed by atoms with Crippen molar-refractivity contribution in [1.82, 2.24) is 4.72 Å². The van der Waals surface area contributed by atoms with E-state index in [1.165, 1.54) is 19.9 Å². The molecule has 1 aromatic rings. The summed E-state index contributed by atoms with van der Waals surface area (Å²) in [6.45, 7) is 2.99. The lowest BCUT2D eigenvalue weighted by molar-refractivity contribution is 0.0695. The highest BCUT2D eigenvalue weighted by Crippen LogP contribution is 2.14. The maximum atomic E-state index is 11.1. The van der Waals surface area contributed by atoms with Crippen LogP contribution in [0.3, 0.4) is 0 Å². The number of nitrogens with one attached hydrogen (secondary N) is 1. The Kier molecular flexibility index (Phi) is 3.71. The molecule has 0 saturated heterocycles. The van der Waals surface area contributed by atoms with Gasteiger partial charge in [0.2, 0.25) is 10.0 Å². The van der Waals surface area contributed by atoms with Gasteiger partial charge in [0, 0.05) is 0 Å². The van der Waals surface area contributed by atoms with E-state index in [-0.39, 0.29) is 29.4 Å². The van der Waals surface area contributed by atoms with Crippen molar-refractivity contribution in [2.75, 3.05) is 5.75 Å². The molecule has 0 amide bonds. The Morgan fingerprint density at radius 1 is 1.56 bits per heavy atom. The Morgan fingerprint density at radius 3 is 2.62 bits per heavy atom. The third-order valence-electron chi connectivity index (χ3n) is 2.05. The number of hydrogen-bond donors (Lipinski definition) is 2. The van der Waals surface area contributed by atoms with Gasteiger partial charge in [-0.2, -0.15) is 0 Å². The first-order chi connectivity index (χ1) is 7.35. The number of aryl methyl sites for hydroxylation is 1. The molecule has 1 aromatic heterocycles. The minimum absolute atomic E-state index is 0.0293. The quantitative estimate of drug-likeness (QED) is 0.799. The van der Waals surface area contributed by atoms with Crippen LogP contribution in [0.1, 0.15) is 28.8 Å². The van der Waals surface area contributed by atoms with E-state index in [0.29, 0.717) is 0 Å². The van der Waals surface area contributed by atoms with Gasteiger partial charge < -0.3 is 9.52 Å². The van der Waals surface area contributed by atoms with E-state index < -0.39 is 16.0 Å². The minimum Gasteiger partial charge on any atom is -0.478 e. The summed E-state index contributed by atoms with van der Waals surface area (Å²) in [6.07, 6.45) is 0. The summed E-state index contributed by atoms with van der Waals surface area (Å²) in [4.78, 5) is 10.7. The van der Waals surface area contributed by atoms with Crippen molar-refractivity contribution < 1.29 is 22.7 Å². The molecule has 0 aliphatic rings. The molecule has 7 heteroatoms. The highest BCUT2D eigenvalue weighted by atomic mass is 32.2. The molecule has 0 aliphatic carbocycles. The lowest BCUT2D eigenvalue weighted by atomic mass is 10.2. The zero-order valence-corrected chi connectivity index (χ0v) is 9.80. The molecular formula is C9H13NO5S. The number of rotatable bonds is 5. The van der Waals surface area contributed by atoms with Crippen molar-refractivity contribution >= 4 is 16.0 Å². The van der Waals surface area contributed by atoms with Crippen LogP contribution in [0, 0.1) is 6.92 Å². The zero-order chi connectivity index (χ0) is 12.3. The number of furan rings is 1. The Labute approximate surface area is 93.3 Å². The van der Waals surface area contributed by atoms with Crippen LogP contribution in [0.15, 0.2) is 10.5 Å². The highest BCUT2D eigenvalue weighted by Gasteiger charge is 2.15. The summed E-state index contributed by atoms with van der Waals surface area (Å²) < 4.78 is 29.7. The van der Waals surface area contributed by atoms with Gasteiger partial charge in [-0.05, 0) is 19.9 Å². The van der Waals surface area contributed by atoms with E-state index in [2.05, 4.69) is 4.72 Å². The Morgan fingerprint density at radius 2 is 2.19 bits per heavy atom. The summed E-state index contributed by atoms with van der Waals surface area (Å²) in [5.41, 5.74) is 0.0469. The molecule has 0 aromatic carbocycles. The SMILES string of the molecule is CCS(=O)(=O)NCc1cc(C(=O)O)c(C)o1. The second-order valence-electron chi connectivity index (χ2n) is 3.21. The van der Waals surface area contributed by atoms with Gasteiger partial charge in [-0.3, -0.25) is 0 Å². The van der Waals surface area contributed by atoms with Crippen LogP contribution in [0.5, 0.6) is 0 Å². The van der Waals surface area contributed by atoms with Crippen molar-refractivity contribution in [2.45, 2.75) is 20.4 Å². The highest BCUT2D eigenvalue weighted by molar-refractivity contribution is 7.89. The van der Waals surface area contributed by atoms with Gasteiger partial charge in [-0.25, -0.2) is 17.9 Å². The molecule has 0 fully saturated rings. The van der Waals surface area contributed by atoms with Gasteiger partial charge in [0.25, 0.3) is 0 Å². The molecule has 0 bridgehead atoms. The number of sulfonamides is 1. The third-order valence-corrected chi connectivity index (χ3v) is 3.39. The third kappa shape index (κ3) is 3.07. The first kappa shape index (κ1) is 12.7. The molecule has 90 valence electrons. The predicted molar refractivity (Wildman–Crippen MR) is 56.7 cm³/mol. The number of carbonyl (C=O) groups is 1. The largest absolute Gasteiger partial charge is 0.478 e. The second-order valence-corrected chi connectivity index (χ2v) is 5.31. The van der Waals surface area contributed by atoms with Gasteiger partial charge in [0.1, 0.15) is 17.1 Å². The first-order valence-corrected chi connectivity index (χ1v) is 6.31. The Bertz CT molecular complexity index is 488. The second kappa shape index (κ2) is 4.67. The van der Waals surface area contributed by atoms with Crippen LogP contribution in [0.2, 0.25) is 0 Å². The molecule has 16 heavy (non-hydrogen) atoms. The topological polar surface area (TPSA) is 96.6 Å². The lowest BCUT2D eigenvalue weighted by Crippen LogP contribution is -2.24. The van der Waals surface area contributed by atoms with Gasteiger partial charge in [-0.1, -0.05) is 0 Å². The summed E-state index contributed by atoms with van der Waals surface area (Å²) in [5, 5.41) is 8.75. The van der Waals surface area contributed by atoms with Crippen molar-refractivity contribution in [3.63, 3.8) is 0 Å². The van der Waals surface area contributed by atoms with E-state index >= 15 is 0 Å². The predicted octanol–water partition coefficient (Wildman–Crippen LogP) is 0.726. The standard InChI is InChI=1S/C9H13NO5S/c1-3-16(13,14)10-5-7-4-8(9(11)12)6(2)15-7/h4,10H,3,5H2,1-2H3,(H,11,12). The molecule has 0 saturated carbocycles. The fourth-order valence-corrected chi connectivity index (χ4v) is 1.69. The molecule has 0 radical (unpaired) electrons. The fraction of sp³-hybridized carbons (Fsp3) is 0.444. The fourth-order valence-electron chi connectivity index (χ4n) is 1.13. The molecule has 1 rings (SSSR count). The van der Waals surface area contributed by atoms with Crippen LogP contribution < -0.4 is 4.72 Å². The van der Waals surface area contributed by atoms with E-state index in [1.54, 1.807) is 0 Å². The van der Waals surface area contributed by atoms with Crippen LogP contribution in [0.25, 0.3) is 0 Å². The average Bonchev–Trinajstić information content (AvgIpc) is 2.57. The number of aromatic carboxylic acids is 1. The Balaban J connectivity index is 2.77. The van der Waals surface area contributed by atoms with E-state index in [1.807, 2.05) is 0 Å². The number of carboxylic acids is 1.